The van der Waals surface area contributed by atoms with E-state index in [4.69, 9.17) is 27.9 Å². The van der Waals surface area contributed by atoms with Gasteiger partial charge in [0.05, 0.1) is 20.5 Å². The zero-order valence-corrected chi connectivity index (χ0v) is 17.5. The minimum absolute atomic E-state index is 0.0149. The molecule has 0 saturated heterocycles. The van der Waals surface area contributed by atoms with Crippen LogP contribution in [0.4, 0.5) is 0 Å². The average Bonchev–Trinajstić information content (AvgIpc) is 2.74. The molecule has 0 atom stereocenters. The first-order valence-corrected chi connectivity index (χ1v) is 10.8. The Hall–Kier alpha value is -2.38. The molecule has 0 aromatic heterocycles. The van der Waals surface area contributed by atoms with Gasteiger partial charge in [0.25, 0.3) is 0 Å². The van der Waals surface area contributed by atoms with Gasteiger partial charge >= 0.3 is 5.97 Å². The summed E-state index contributed by atoms with van der Waals surface area (Å²) in [5, 5.41) is 0.764. The second kappa shape index (κ2) is 9.41. The van der Waals surface area contributed by atoms with Crippen molar-refractivity contribution in [3.8, 4) is 0 Å². The zero-order chi connectivity index (χ0) is 20.9. The highest BCUT2D eigenvalue weighted by Crippen LogP contribution is 2.23. The number of carbonyl (C=O) groups is 1. The molecule has 0 aliphatic carbocycles. The minimum atomic E-state index is -3.78. The first kappa shape index (κ1) is 21.3. The van der Waals surface area contributed by atoms with Crippen LogP contribution >= 0.6 is 23.2 Å². The lowest BCUT2D eigenvalue weighted by molar-refractivity contribution is 0.0472. The molecule has 0 aliphatic rings. The Morgan fingerprint density at radius 2 is 1.62 bits per heavy atom. The third kappa shape index (κ3) is 5.81. The van der Waals surface area contributed by atoms with Gasteiger partial charge in [-0.05, 0) is 41.5 Å². The molecule has 0 saturated carbocycles. The molecule has 0 unspecified atom stereocenters. The summed E-state index contributed by atoms with van der Waals surface area (Å²) < 4.78 is 32.8. The Kier molecular flexibility index (Phi) is 6.92. The number of sulfonamides is 1. The van der Waals surface area contributed by atoms with Crippen LogP contribution in [-0.4, -0.2) is 14.4 Å². The summed E-state index contributed by atoms with van der Waals surface area (Å²) in [6.07, 6.45) is 0. The van der Waals surface area contributed by atoms with Crippen molar-refractivity contribution < 1.29 is 17.9 Å². The monoisotopic (exact) mass is 449 g/mol. The molecule has 0 radical (unpaired) electrons. The molecule has 1 N–H and O–H groups in total. The lowest BCUT2D eigenvalue weighted by Crippen LogP contribution is -2.23. The van der Waals surface area contributed by atoms with Gasteiger partial charge < -0.3 is 4.74 Å². The molecule has 0 fully saturated rings. The number of halogens is 2. The fourth-order valence-electron chi connectivity index (χ4n) is 2.51. The summed E-state index contributed by atoms with van der Waals surface area (Å²) in [7, 11) is -3.78. The van der Waals surface area contributed by atoms with Crippen LogP contribution in [0.3, 0.4) is 0 Å². The van der Waals surface area contributed by atoms with E-state index >= 15 is 0 Å². The number of hydrogen-bond acceptors (Lipinski definition) is 4. The second-order valence-electron chi connectivity index (χ2n) is 6.16. The molecule has 0 spiro atoms. The SMILES string of the molecule is O=C(OCc1ccc(Cl)c(Cl)c1)c1cccc(S(=O)(=O)NCc2ccccc2)c1. The third-order valence-corrected chi connectivity index (χ3v) is 6.18. The maximum Gasteiger partial charge on any atom is 0.338 e. The molecule has 0 aliphatic heterocycles. The van der Waals surface area contributed by atoms with Crippen molar-refractivity contribution in [1.82, 2.24) is 4.72 Å². The Balaban J connectivity index is 1.67. The molecule has 3 aromatic rings. The van der Waals surface area contributed by atoms with Crippen LogP contribution in [0.1, 0.15) is 21.5 Å². The number of rotatable bonds is 7. The Morgan fingerprint density at radius 1 is 0.862 bits per heavy atom. The fraction of sp³-hybridized carbons (Fsp3) is 0.0952. The quantitative estimate of drug-likeness (QED) is 0.524. The van der Waals surface area contributed by atoms with Gasteiger partial charge in [-0.1, -0.05) is 65.7 Å². The van der Waals surface area contributed by atoms with Crippen LogP contribution in [0.25, 0.3) is 0 Å². The molecule has 5 nitrogen and oxygen atoms in total. The standard InChI is InChI=1S/C21H17Cl2NO4S/c22-19-10-9-16(11-20(19)23)14-28-21(25)17-7-4-8-18(12-17)29(26,27)24-13-15-5-2-1-3-6-15/h1-12,24H,13-14H2. The summed E-state index contributed by atoms with van der Waals surface area (Å²) >= 11 is 11.8. The highest BCUT2D eigenvalue weighted by molar-refractivity contribution is 7.89. The predicted octanol–water partition coefficient (Wildman–Crippen LogP) is 4.83. The van der Waals surface area contributed by atoms with Gasteiger partial charge in [0.15, 0.2) is 0 Å². The molecule has 3 aromatic carbocycles. The van der Waals surface area contributed by atoms with E-state index in [0.717, 1.165) is 5.56 Å². The summed E-state index contributed by atoms with van der Waals surface area (Å²) in [5.41, 5.74) is 1.63. The van der Waals surface area contributed by atoms with Crippen molar-refractivity contribution in [2.45, 2.75) is 18.0 Å². The maximum absolute atomic E-state index is 12.5. The minimum Gasteiger partial charge on any atom is -0.457 e. The molecule has 150 valence electrons. The van der Waals surface area contributed by atoms with Crippen molar-refractivity contribution in [2.24, 2.45) is 0 Å². The number of benzene rings is 3. The summed E-state index contributed by atoms with van der Waals surface area (Å²) in [5.74, 6) is -0.642. The van der Waals surface area contributed by atoms with E-state index < -0.39 is 16.0 Å². The predicted molar refractivity (Wildman–Crippen MR) is 112 cm³/mol. The fourth-order valence-corrected chi connectivity index (χ4v) is 3.89. The van der Waals surface area contributed by atoms with Crippen molar-refractivity contribution in [3.05, 3.63) is 99.5 Å². The van der Waals surface area contributed by atoms with Crippen LogP contribution in [0.2, 0.25) is 10.0 Å². The first-order chi connectivity index (χ1) is 13.8. The molecule has 0 heterocycles. The highest BCUT2D eigenvalue weighted by Gasteiger charge is 2.17. The molecule has 0 bridgehead atoms. The van der Waals surface area contributed by atoms with E-state index in [1.807, 2.05) is 30.3 Å². The largest absolute Gasteiger partial charge is 0.457 e. The lowest BCUT2D eigenvalue weighted by Gasteiger charge is -2.09. The van der Waals surface area contributed by atoms with Crippen molar-refractivity contribution in [1.29, 1.82) is 0 Å². The van der Waals surface area contributed by atoms with Crippen LogP contribution in [0.15, 0.2) is 77.7 Å². The molecule has 8 heteroatoms. The van der Waals surface area contributed by atoms with Gasteiger partial charge in [0, 0.05) is 6.54 Å². The maximum atomic E-state index is 12.5. The smallest absolute Gasteiger partial charge is 0.338 e. The lowest BCUT2D eigenvalue weighted by atomic mass is 10.2. The van der Waals surface area contributed by atoms with E-state index in [2.05, 4.69) is 4.72 Å². The molecule has 3 rings (SSSR count). The Bertz CT molecular complexity index is 1120. The van der Waals surface area contributed by atoms with Gasteiger partial charge in [-0.3, -0.25) is 0 Å². The number of carbonyl (C=O) groups excluding carboxylic acids is 1. The molecule has 0 amide bonds. The number of hydrogen-bond donors (Lipinski definition) is 1. The van der Waals surface area contributed by atoms with Gasteiger partial charge in [0.2, 0.25) is 10.0 Å². The topological polar surface area (TPSA) is 72.5 Å². The summed E-state index contributed by atoms with van der Waals surface area (Å²) in [6, 6.07) is 19.7. The zero-order valence-electron chi connectivity index (χ0n) is 15.1. The van der Waals surface area contributed by atoms with Gasteiger partial charge in [-0.25, -0.2) is 17.9 Å². The van der Waals surface area contributed by atoms with Crippen molar-refractivity contribution in [2.75, 3.05) is 0 Å². The van der Waals surface area contributed by atoms with Crippen LogP contribution in [0.5, 0.6) is 0 Å². The third-order valence-electron chi connectivity index (χ3n) is 4.04. The Morgan fingerprint density at radius 3 is 2.34 bits per heavy atom. The molecule has 29 heavy (non-hydrogen) atoms. The van der Waals surface area contributed by atoms with E-state index in [-0.39, 0.29) is 23.6 Å². The van der Waals surface area contributed by atoms with Gasteiger partial charge in [-0.15, -0.1) is 0 Å². The summed E-state index contributed by atoms with van der Waals surface area (Å²) in [6.45, 7) is 0.133. The molecular weight excluding hydrogens is 433 g/mol. The van der Waals surface area contributed by atoms with Gasteiger partial charge in [0.1, 0.15) is 6.61 Å². The number of esters is 1. The Labute approximate surface area is 179 Å². The van der Waals surface area contributed by atoms with E-state index in [9.17, 15) is 13.2 Å². The van der Waals surface area contributed by atoms with Crippen molar-refractivity contribution in [3.63, 3.8) is 0 Å². The van der Waals surface area contributed by atoms with Crippen LogP contribution in [0, 0.1) is 0 Å². The van der Waals surface area contributed by atoms with E-state index in [1.54, 1.807) is 18.2 Å². The molecular formula is C21H17Cl2NO4S. The van der Waals surface area contributed by atoms with Crippen LogP contribution < -0.4 is 4.72 Å². The number of nitrogens with one attached hydrogen (secondary N) is 1. The van der Waals surface area contributed by atoms with E-state index in [0.29, 0.717) is 15.6 Å². The van der Waals surface area contributed by atoms with Crippen molar-refractivity contribution >= 4 is 39.2 Å². The summed E-state index contributed by atoms with van der Waals surface area (Å²) in [4.78, 5) is 12.3. The normalized spacial score (nSPS) is 11.2. The van der Waals surface area contributed by atoms with E-state index in [1.165, 1.54) is 24.3 Å². The van der Waals surface area contributed by atoms with Gasteiger partial charge in [-0.2, -0.15) is 0 Å². The van der Waals surface area contributed by atoms with Crippen LogP contribution in [-0.2, 0) is 27.9 Å². The highest BCUT2D eigenvalue weighted by atomic mass is 35.5. The second-order valence-corrected chi connectivity index (χ2v) is 8.74. The average molecular weight is 450 g/mol. The number of ether oxygens (including phenoxy) is 1. The first-order valence-electron chi connectivity index (χ1n) is 8.60.